The predicted octanol–water partition coefficient (Wildman–Crippen LogP) is 3.56. The summed E-state index contributed by atoms with van der Waals surface area (Å²) in [7, 11) is 5.31. The zero-order valence-corrected chi connectivity index (χ0v) is 18.0. The van der Waals surface area contributed by atoms with Crippen LogP contribution in [0.4, 0.5) is 21.9 Å². The second kappa shape index (κ2) is 11.7. The molecule has 2 aromatic carbocycles. The quantitative estimate of drug-likeness (QED) is 0.517. The summed E-state index contributed by atoms with van der Waals surface area (Å²) in [5.41, 5.74) is 2.40. The van der Waals surface area contributed by atoms with Gasteiger partial charge in [-0.05, 0) is 55.8 Å². The van der Waals surface area contributed by atoms with E-state index in [4.69, 9.17) is 9.47 Å². The van der Waals surface area contributed by atoms with E-state index in [0.29, 0.717) is 42.4 Å². The fourth-order valence-corrected chi connectivity index (χ4v) is 2.77. The lowest BCUT2D eigenvalue weighted by Gasteiger charge is -2.18. The van der Waals surface area contributed by atoms with E-state index in [1.807, 2.05) is 25.9 Å². The Morgan fingerprint density at radius 2 is 1.67 bits per heavy atom. The summed E-state index contributed by atoms with van der Waals surface area (Å²) in [5, 5.41) is 8.41. The van der Waals surface area contributed by atoms with Crippen LogP contribution in [-0.4, -0.2) is 52.9 Å². The second-order valence-corrected chi connectivity index (χ2v) is 6.74. The normalized spacial score (nSPS) is 10.3. The molecule has 8 nitrogen and oxygen atoms in total. The molecule has 0 saturated carbocycles. The molecule has 0 atom stereocenters. The van der Waals surface area contributed by atoms with Gasteiger partial charge in [-0.1, -0.05) is 0 Å². The Balaban J connectivity index is 2.04. The zero-order chi connectivity index (χ0) is 21.9. The molecule has 2 rings (SSSR count). The summed E-state index contributed by atoms with van der Waals surface area (Å²) in [5.74, 6) is 0.506. The lowest BCUT2D eigenvalue weighted by atomic mass is 10.1. The number of hydrogen-bond acceptors (Lipinski definition) is 5. The molecule has 3 N–H and O–H groups in total. The molecule has 0 radical (unpaired) electrons. The van der Waals surface area contributed by atoms with E-state index in [1.54, 1.807) is 49.6 Å². The molecular formula is C22H30N4O4. The van der Waals surface area contributed by atoms with Gasteiger partial charge in [0, 0.05) is 50.9 Å². The van der Waals surface area contributed by atoms with Crippen LogP contribution in [0.3, 0.4) is 0 Å². The van der Waals surface area contributed by atoms with Crippen LogP contribution in [0.1, 0.15) is 23.7 Å². The van der Waals surface area contributed by atoms with Gasteiger partial charge in [-0.15, -0.1) is 0 Å². The van der Waals surface area contributed by atoms with Gasteiger partial charge in [-0.25, -0.2) is 4.79 Å². The van der Waals surface area contributed by atoms with E-state index >= 15 is 0 Å². The smallest absolute Gasteiger partial charge is 0.323 e. The van der Waals surface area contributed by atoms with Gasteiger partial charge in [0.05, 0.1) is 12.7 Å². The minimum atomic E-state index is -0.402. The van der Waals surface area contributed by atoms with Crippen LogP contribution >= 0.6 is 0 Å². The van der Waals surface area contributed by atoms with Gasteiger partial charge in [-0.3, -0.25) is 4.79 Å². The van der Waals surface area contributed by atoms with Crippen LogP contribution in [0.25, 0.3) is 0 Å². The van der Waals surface area contributed by atoms with E-state index in [2.05, 4.69) is 16.0 Å². The third-order valence-electron chi connectivity index (χ3n) is 4.28. The highest BCUT2D eigenvalue weighted by Crippen LogP contribution is 2.23. The average molecular weight is 415 g/mol. The standard InChI is InChI=1S/C22H30N4O4/c1-5-30-14-6-13-23-21(27)19-15-17(9-12-20(19)26(2)3)25-22(28)24-16-7-10-18(29-4)11-8-16/h7-12,15H,5-6,13-14H2,1-4H3,(H,23,27)(H2,24,25,28). The molecule has 8 heteroatoms. The van der Waals surface area contributed by atoms with Crippen molar-refractivity contribution in [3.05, 3.63) is 48.0 Å². The zero-order valence-electron chi connectivity index (χ0n) is 18.0. The largest absolute Gasteiger partial charge is 0.497 e. The van der Waals surface area contributed by atoms with Gasteiger partial charge in [0.25, 0.3) is 5.91 Å². The van der Waals surface area contributed by atoms with E-state index in [0.717, 1.165) is 12.1 Å². The maximum atomic E-state index is 12.7. The molecule has 0 aliphatic carbocycles. The highest BCUT2D eigenvalue weighted by atomic mass is 16.5. The maximum absolute atomic E-state index is 12.7. The first kappa shape index (κ1) is 23.0. The van der Waals surface area contributed by atoms with Crippen LogP contribution in [0, 0.1) is 0 Å². The van der Waals surface area contributed by atoms with Crippen LogP contribution in [0.2, 0.25) is 0 Å². The summed E-state index contributed by atoms with van der Waals surface area (Å²) in [4.78, 5) is 26.9. The molecular weight excluding hydrogens is 384 g/mol. The number of carbonyl (C=O) groups is 2. The second-order valence-electron chi connectivity index (χ2n) is 6.74. The minimum absolute atomic E-state index is 0.200. The number of amides is 3. The van der Waals surface area contributed by atoms with Crippen molar-refractivity contribution in [3.8, 4) is 5.75 Å². The van der Waals surface area contributed by atoms with Gasteiger partial charge < -0.3 is 30.3 Å². The Hall–Kier alpha value is -3.26. The lowest BCUT2D eigenvalue weighted by Crippen LogP contribution is -2.27. The van der Waals surface area contributed by atoms with Crippen LogP contribution in [-0.2, 0) is 4.74 Å². The number of hydrogen-bond donors (Lipinski definition) is 3. The van der Waals surface area contributed by atoms with Crippen molar-refractivity contribution in [3.63, 3.8) is 0 Å². The van der Waals surface area contributed by atoms with E-state index in [9.17, 15) is 9.59 Å². The number of methoxy groups -OCH3 is 1. The number of urea groups is 1. The molecule has 0 spiro atoms. The molecule has 0 unspecified atom stereocenters. The molecule has 0 aromatic heterocycles. The van der Waals surface area contributed by atoms with Crippen molar-refractivity contribution in [2.45, 2.75) is 13.3 Å². The van der Waals surface area contributed by atoms with Crippen LogP contribution < -0.4 is 25.6 Å². The first-order chi connectivity index (χ1) is 14.4. The first-order valence-corrected chi connectivity index (χ1v) is 9.84. The summed E-state index contributed by atoms with van der Waals surface area (Å²) in [6.07, 6.45) is 0.735. The molecule has 0 fully saturated rings. The summed E-state index contributed by atoms with van der Waals surface area (Å²) < 4.78 is 10.4. The van der Waals surface area contributed by atoms with Gasteiger partial charge in [0.2, 0.25) is 0 Å². The van der Waals surface area contributed by atoms with Gasteiger partial charge in [0.15, 0.2) is 0 Å². The molecule has 3 amide bonds. The third-order valence-corrected chi connectivity index (χ3v) is 4.28. The Bertz CT molecular complexity index is 838. The number of ether oxygens (including phenoxy) is 2. The van der Waals surface area contributed by atoms with Gasteiger partial charge >= 0.3 is 6.03 Å². The highest BCUT2D eigenvalue weighted by Gasteiger charge is 2.14. The SMILES string of the molecule is CCOCCCNC(=O)c1cc(NC(=O)Nc2ccc(OC)cc2)ccc1N(C)C. The van der Waals surface area contributed by atoms with Gasteiger partial charge in [-0.2, -0.15) is 0 Å². The topological polar surface area (TPSA) is 91.9 Å². The molecule has 0 aliphatic rings. The summed E-state index contributed by atoms with van der Waals surface area (Å²) in [6.45, 7) is 3.71. The fourth-order valence-electron chi connectivity index (χ4n) is 2.77. The van der Waals surface area contributed by atoms with Crippen molar-refractivity contribution >= 4 is 29.0 Å². The predicted molar refractivity (Wildman–Crippen MR) is 120 cm³/mol. The minimum Gasteiger partial charge on any atom is -0.497 e. The monoisotopic (exact) mass is 414 g/mol. The molecule has 0 bridgehead atoms. The van der Waals surface area contributed by atoms with Crippen molar-refractivity contribution in [1.82, 2.24) is 5.32 Å². The highest BCUT2D eigenvalue weighted by molar-refractivity contribution is 6.03. The van der Waals surface area contributed by atoms with Gasteiger partial charge in [0.1, 0.15) is 5.75 Å². The molecule has 2 aromatic rings. The molecule has 0 heterocycles. The number of anilines is 3. The van der Waals surface area contributed by atoms with Crippen LogP contribution in [0.15, 0.2) is 42.5 Å². The number of benzene rings is 2. The molecule has 0 saturated heterocycles. The third kappa shape index (κ3) is 6.97. The summed E-state index contributed by atoms with van der Waals surface area (Å²) in [6, 6.07) is 11.8. The van der Waals surface area contributed by atoms with Crippen molar-refractivity contribution < 1.29 is 19.1 Å². The fraction of sp³-hybridized carbons (Fsp3) is 0.364. The lowest BCUT2D eigenvalue weighted by molar-refractivity contribution is 0.0944. The van der Waals surface area contributed by atoms with E-state index in [1.165, 1.54) is 0 Å². The number of carbonyl (C=O) groups excluding carboxylic acids is 2. The molecule has 162 valence electrons. The van der Waals surface area contributed by atoms with Crippen molar-refractivity contribution in [1.29, 1.82) is 0 Å². The average Bonchev–Trinajstić information content (AvgIpc) is 2.73. The number of nitrogens with zero attached hydrogens (tertiary/aromatic N) is 1. The summed E-state index contributed by atoms with van der Waals surface area (Å²) >= 11 is 0. The maximum Gasteiger partial charge on any atom is 0.323 e. The Morgan fingerprint density at radius 3 is 2.30 bits per heavy atom. The first-order valence-electron chi connectivity index (χ1n) is 9.84. The Kier molecular flexibility index (Phi) is 8.96. The number of nitrogens with one attached hydrogen (secondary N) is 3. The molecule has 30 heavy (non-hydrogen) atoms. The Morgan fingerprint density at radius 1 is 1.00 bits per heavy atom. The van der Waals surface area contributed by atoms with Crippen molar-refractivity contribution in [2.24, 2.45) is 0 Å². The number of rotatable bonds is 10. The van der Waals surface area contributed by atoms with E-state index in [-0.39, 0.29) is 5.91 Å². The molecule has 0 aliphatic heterocycles. The van der Waals surface area contributed by atoms with E-state index < -0.39 is 6.03 Å². The Labute approximate surface area is 177 Å². The van der Waals surface area contributed by atoms with Crippen LogP contribution in [0.5, 0.6) is 5.75 Å². The van der Waals surface area contributed by atoms with Crippen molar-refractivity contribution in [2.75, 3.05) is 56.5 Å².